The van der Waals surface area contributed by atoms with Gasteiger partial charge in [0.15, 0.2) is 0 Å². The van der Waals surface area contributed by atoms with E-state index in [9.17, 15) is 5.11 Å². The first-order valence-corrected chi connectivity index (χ1v) is 19.6. The number of rotatable bonds is 20. The largest absolute Gasteiger partial charge is 0.493 e. The van der Waals surface area contributed by atoms with E-state index in [1.54, 1.807) is 0 Å². The summed E-state index contributed by atoms with van der Waals surface area (Å²) in [6, 6.07) is 33.6. The fraction of sp³-hybridized carbons (Fsp3) is 0.489. The maximum Gasteiger partial charge on any atom is 0.119 e. The zero-order valence-corrected chi connectivity index (χ0v) is 33.5. The molecule has 0 aliphatic carbocycles. The van der Waals surface area contributed by atoms with E-state index >= 15 is 0 Å². The minimum absolute atomic E-state index is 0.175. The second kappa shape index (κ2) is 16.5. The zero-order valence-electron chi connectivity index (χ0n) is 33.5. The molecule has 2 aliphatic heterocycles. The van der Waals surface area contributed by atoms with Gasteiger partial charge in [-0.15, -0.1) is 0 Å². The van der Waals surface area contributed by atoms with Crippen LogP contribution in [0, 0.1) is 5.41 Å². The summed E-state index contributed by atoms with van der Waals surface area (Å²) in [5, 5.41) is 11.3. The summed E-state index contributed by atoms with van der Waals surface area (Å²) >= 11 is 0. The molecule has 6 rings (SSSR count). The number of aliphatic hydroxyl groups excluding tert-OH is 1. The fourth-order valence-electron chi connectivity index (χ4n) is 6.72. The molecule has 2 heterocycles. The summed E-state index contributed by atoms with van der Waals surface area (Å²) in [5.74, 6) is 2.36. The quantitative estimate of drug-likeness (QED) is 0.0906. The molecule has 2 fully saturated rings. The molecule has 1 N–H and O–H groups in total. The van der Waals surface area contributed by atoms with Crippen molar-refractivity contribution in [1.29, 1.82) is 0 Å². The maximum atomic E-state index is 11.3. The monoisotopic (exact) mass is 736 g/mol. The van der Waals surface area contributed by atoms with Gasteiger partial charge in [-0.25, -0.2) is 0 Å². The number of benzene rings is 4. The third-order valence-corrected chi connectivity index (χ3v) is 12.0. The first-order chi connectivity index (χ1) is 25.8. The van der Waals surface area contributed by atoms with Gasteiger partial charge in [0.2, 0.25) is 0 Å². The number of hydrogen-bond donors (Lipinski definition) is 1. The van der Waals surface area contributed by atoms with Crippen LogP contribution in [-0.4, -0.2) is 63.1 Å². The van der Waals surface area contributed by atoms with Crippen LogP contribution in [0.2, 0.25) is 0 Å². The maximum absolute atomic E-state index is 11.3. The van der Waals surface area contributed by atoms with Crippen molar-refractivity contribution in [3.05, 3.63) is 125 Å². The van der Waals surface area contributed by atoms with E-state index in [0.29, 0.717) is 19.8 Å². The highest BCUT2D eigenvalue weighted by atomic mass is 16.6. The Kier molecular flexibility index (Phi) is 12.1. The third kappa shape index (κ3) is 9.49. The smallest absolute Gasteiger partial charge is 0.119 e. The van der Waals surface area contributed by atoms with E-state index in [1.807, 2.05) is 36.4 Å². The van der Waals surface area contributed by atoms with Crippen molar-refractivity contribution < 1.29 is 33.5 Å². The Balaban J connectivity index is 1.000. The molecule has 0 saturated carbocycles. The average Bonchev–Trinajstić information content (AvgIpc) is 4.14. The lowest BCUT2D eigenvalue weighted by atomic mass is 9.77. The van der Waals surface area contributed by atoms with E-state index in [0.717, 1.165) is 43.3 Å². The van der Waals surface area contributed by atoms with Gasteiger partial charge < -0.3 is 33.5 Å². The van der Waals surface area contributed by atoms with Crippen LogP contribution in [0.15, 0.2) is 97.1 Å². The van der Waals surface area contributed by atoms with Gasteiger partial charge in [0.1, 0.15) is 42.7 Å². The van der Waals surface area contributed by atoms with Crippen LogP contribution in [0.1, 0.15) is 96.0 Å². The van der Waals surface area contributed by atoms with Crippen LogP contribution in [0.5, 0.6) is 17.2 Å². The van der Waals surface area contributed by atoms with Gasteiger partial charge in [0, 0.05) is 16.2 Å². The van der Waals surface area contributed by atoms with Gasteiger partial charge >= 0.3 is 0 Å². The number of hydrogen-bond acceptors (Lipinski definition) is 7. The molecule has 2 aliphatic rings. The van der Waals surface area contributed by atoms with Gasteiger partial charge in [-0.1, -0.05) is 109 Å². The Morgan fingerprint density at radius 3 is 1.37 bits per heavy atom. The topological polar surface area (TPSA) is 82.2 Å². The summed E-state index contributed by atoms with van der Waals surface area (Å²) in [6.07, 6.45) is 1.39. The first kappa shape index (κ1) is 39.8. The number of aliphatic hydroxyl groups is 1. The van der Waals surface area contributed by atoms with E-state index in [-0.39, 0.29) is 35.2 Å². The van der Waals surface area contributed by atoms with E-state index in [1.165, 1.54) is 27.8 Å². The van der Waals surface area contributed by atoms with Crippen LogP contribution < -0.4 is 14.2 Å². The Bertz CT molecular complexity index is 1770. The highest BCUT2D eigenvalue weighted by molar-refractivity contribution is 5.43. The van der Waals surface area contributed by atoms with Crippen molar-refractivity contribution in [2.45, 2.75) is 103 Å². The minimum Gasteiger partial charge on any atom is -0.493 e. The van der Waals surface area contributed by atoms with Crippen molar-refractivity contribution >= 4 is 0 Å². The van der Waals surface area contributed by atoms with E-state index in [2.05, 4.69) is 116 Å². The lowest BCUT2D eigenvalue weighted by Crippen LogP contribution is -2.41. The van der Waals surface area contributed by atoms with Crippen LogP contribution in [0.3, 0.4) is 0 Å². The predicted octanol–water partition coefficient (Wildman–Crippen LogP) is 9.39. The zero-order chi connectivity index (χ0) is 38.6. The molecular weight excluding hydrogens is 677 g/mol. The normalized spacial score (nSPS) is 19.6. The molecule has 0 bridgehead atoms. The minimum atomic E-state index is -0.714. The molecule has 4 aromatic rings. The molecule has 5 unspecified atom stereocenters. The van der Waals surface area contributed by atoms with Crippen molar-refractivity contribution in [1.82, 2.24) is 0 Å². The standard InChI is InChI=1S/C47H60O7/c1-9-46(7,32-53-40-25-19-36(20-26-40)45(5,6)35-15-21-38(22-16-35)49-27-41-28-50-41)43(48)31-52-39-23-17-34(18-24-39)44(3,4)33-11-13-37(14-12-33)47(8,10-2)54-30-42-29-51-42/h11-26,41-43,48H,9-10,27-32H2,1-8H3. The van der Waals surface area contributed by atoms with Crippen LogP contribution in [0.25, 0.3) is 0 Å². The number of epoxide rings is 2. The first-order valence-electron chi connectivity index (χ1n) is 19.6. The van der Waals surface area contributed by atoms with E-state index in [4.69, 9.17) is 28.4 Å². The van der Waals surface area contributed by atoms with Gasteiger partial charge in [0.05, 0.1) is 38.1 Å². The Labute approximate surface area is 322 Å². The molecule has 0 spiro atoms. The molecule has 290 valence electrons. The lowest BCUT2D eigenvalue weighted by Gasteiger charge is -2.33. The second-order valence-corrected chi connectivity index (χ2v) is 16.6. The molecule has 4 aromatic carbocycles. The molecule has 5 atom stereocenters. The van der Waals surface area contributed by atoms with Crippen LogP contribution >= 0.6 is 0 Å². The summed E-state index contributed by atoms with van der Waals surface area (Å²) in [7, 11) is 0. The van der Waals surface area contributed by atoms with Crippen molar-refractivity contribution in [2.24, 2.45) is 5.41 Å². The second-order valence-electron chi connectivity index (χ2n) is 16.6. The van der Waals surface area contributed by atoms with Gasteiger partial charge in [-0.05, 0) is 84.0 Å². The Morgan fingerprint density at radius 1 is 0.556 bits per heavy atom. The Hall–Kier alpha value is -3.88. The molecule has 0 radical (unpaired) electrons. The van der Waals surface area contributed by atoms with Gasteiger partial charge in [-0.3, -0.25) is 0 Å². The Morgan fingerprint density at radius 2 is 0.944 bits per heavy atom. The number of ether oxygens (including phenoxy) is 6. The molecular formula is C47H60O7. The lowest BCUT2D eigenvalue weighted by molar-refractivity contribution is -0.0454. The summed E-state index contributed by atoms with van der Waals surface area (Å²) in [4.78, 5) is 0. The van der Waals surface area contributed by atoms with Crippen LogP contribution in [0.4, 0.5) is 0 Å². The van der Waals surface area contributed by atoms with Crippen LogP contribution in [-0.2, 0) is 30.6 Å². The molecule has 7 heteroatoms. The fourth-order valence-corrected chi connectivity index (χ4v) is 6.72. The highest BCUT2D eigenvalue weighted by Gasteiger charge is 2.34. The summed E-state index contributed by atoms with van der Waals surface area (Å²) in [6.45, 7) is 20.7. The third-order valence-electron chi connectivity index (χ3n) is 12.0. The van der Waals surface area contributed by atoms with Crippen molar-refractivity contribution in [3.63, 3.8) is 0 Å². The van der Waals surface area contributed by atoms with Crippen molar-refractivity contribution in [2.75, 3.05) is 39.6 Å². The predicted molar refractivity (Wildman–Crippen MR) is 214 cm³/mol. The SMILES string of the molecule is CCC(C)(OCC1CO1)c1ccc(C(C)(C)c2ccc(OCC(O)C(C)(CC)COc3ccc(C(C)(C)c4ccc(OCC5CO5)cc4)cc3)cc2)cc1. The van der Waals surface area contributed by atoms with Gasteiger partial charge in [-0.2, -0.15) is 0 Å². The summed E-state index contributed by atoms with van der Waals surface area (Å²) in [5.41, 5.74) is 4.76. The molecule has 7 nitrogen and oxygen atoms in total. The average molecular weight is 737 g/mol. The highest BCUT2D eigenvalue weighted by Crippen LogP contribution is 2.37. The van der Waals surface area contributed by atoms with Gasteiger partial charge in [0.25, 0.3) is 0 Å². The van der Waals surface area contributed by atoms with E-state index < -0.39 is 11.5 Å². The molecule has 0 aromatic heterocycles. The molecule has 0 amide bonds. The van der Waals surface area contributed by atoms with Crippen molar-refractivity contribution in [3.8, 4) is 17.2 Å². The molecule has 2 saturated heterocycles. The molecule has 54 heavy (non-hydrogen) atoms. The summed E-state index contributed by atoms with van der Waals surface area (Å²) < 4.78 is 35.1.